The number of hydrogen-bond acceptors (Lipinski definition) is 9. The van der Waals surface area contributed by atoms with Crippen molar-refractivity contribution in [1.29, 1.82) is 0 Å². The number of nitrogens with two attached hydrogens (primary N) is 2. The van der Waals surface area contributed by atoms with E-state index in [-0.39, 0.29) is 42.2 Å². The van der Waals surface area contributed by atoms with Crippen molar-refractivity contribution in [3.8, 4) is 0 Å². The SMILES string of the molecule is CCCCCCCC(CCCCCCC)OCC1O[C@@H](n2c(N)nc3c(=O)[nH]c(N)nc32)C[C@H]1OP(=O)(O)C(CCCCCC)CCCCCCC. The molecule has 3 heterocycles. The summed E-state index contributed by atoms with van der Waals surface area (Å²) in [5.41, 5.74) is 11.6. The number of aromatic amines is 1. The van der Waals surface area contributed by atoms with Gasteiger partial charge in [0.05, 0.1) is 24.5 Å². The smallest absolute Gasteiger partial charge is 0.331 e. The molecule has 0 radical (unpaired) electrons. The molecule has 300 valence electrons. The number of fused-ring (bicyclic) bond motifs is 1. The van der Waals surface area contributed by atoms with Crippen LogP contribution in [0.2, 0.25) is 0 Å². The minimum atomic E-state index is -4.06. The second-order valence-electron chi connectivity index (χ2n) is 15.1. The molecule has 1 aliphatic rings. The third-order valence-electron chi connectivity index (χ3n) is 10.6. The predicted octanol–water partition coefficient (Wildman–Crippen LogP) is 9.95. The topological polar surface area (TPSA) is 181 Å². The van der Waals surface area contributed by atoms with E-state index in [0.29, 0.717) is 12.8 Å². The van der Waals surface area contributed by atoms with Crippen LogP contribution in [-0.4, -0.2) is 55.0 Å². The number of H-pyrrole nitrogens is 1. The van der Waals surface area contributed by atoms with Crippen LogP contribution in [0.5, 0.6) is 0 Å². The van der Waals surface area contributed by atoms with Crippen LogP contribution in [0, 0.1) is 0 Å². The van der Waals surface area contributed by atoms with Crippen molar-refractivity contribution in [2.75, 3.05) is 18.1 Å². The quantitative estimate of drug-likeness (QED) is 0.0443. The molecule has 0 amide bonds. The fourth-order valence-corrected chi connectivity index (χ4v) is 9.25. The molecule has 13 heteroatoms. The Bertz CT molecular complexity index is 1360. The minimum Gasteiger partial charge on any atom is -0.375 e. The van der Waals surface area contributed by atoms with Crippen LogP contribution in [-0.2, 0) is 18.6 Å². The highest BCUT2D eigenvalue weighted by atomic mass is 31.2. The summed E-state index contributed by atoms with van der Waals surface area (Å²) in [5.74, 6) is -0.0104. The lowest BCUT2D eigenvalue weighted by Crippen LogP contribution is -2.32. The molecule has 1 saturated heterocycles. The first kappa shape index (κ1) is 44.4. The first-order chi connectivity index (χ1) is 25.1. The highest BCUT2D eigenvalue weighted by molar-refractivity contribution is 7.53. The average Bonchev–Trinajstić information content (AvgIpc) is 3.65. The van der Waals surface area contributed by atoms with Crippen LogP contribution in [0.3, 0.4) is 0 Å². The highest BCUT2D eigenvalue weighted by Gasteiger charge is 2.44. The van der Waals surface area contributed by atoms with Gasteiger partial charge in [0.1, 0.15) is 12.3 Å². The molecule has 0 aromatic carbocycles. The summed E-state index contributed by atoms with van der Waals surface area (Å²) in [6, 6.07) is 0. The van der Waals surface area contributed by atoms with E-state index in [1.807, 2.05) is 0 Å². The standard InChI is InChI=1S/C39H73N6O6P/c1-5-9-13-17-20-24-30(25-21-18-14-10-6-2)49-29-33-32(28-34(50-33)45-36-35(42-39(45)41)37(46)44-38(40)43-36)51-52(47,48)31(26-22-16-12-8-4)27-23-19-15-11-7-3/h30-34H,5-29H2,1-4H3,(H2,41,42)(H,47,48)(H3,40,43,44,46)/t31?,32-,33?,34-/m1/s1. The van der Waals surface area contributed by atoms with Gasteiger partial charge < -0.3 is 30.4 Å². The van der Waals surface area contributed by atoms with Gasteiger partial charge in [0.15, 0.2) is 11.2 Å². The lowest BCUT2D eigenvalue weighted by molar-refractivity contribution is -0.0795. The molecule has 52 heavy (non-hydrogen) atoms. The molecule has 1 fully saturated rings. The van der Waals surface area contributed by atoms with Crippen molar-refractivity contribution in [3.05, 3.63) is 10.4 Å². The van der Waals surface area contributed by atoms with E-state index in [9.17, 15) is 14.3 Å². The summed E-state index contributed by atoms with van der Waals surface area (Å²) in [5, 5.41) is 0. The van der Waals surface area contributed by atoms with Gasteiger partial charge in [-0.25, -0.2) is 4.98 Å². The van der Waals surface area contributed by atoms with Crippen LogP contribution in [0.1, 0.15) is 188 Å². The Hall–Kier alpha value is -1.98. The van der Waals surface area contributed by atoms with Crippen molar-refractivity contribution in [3.63, 3.8) is 0 Å². The number of nitrogen functional groups attached to an aromatic ring is 2. The molecule has 0 bridgehead atoms. The van der Waals surface area contributed by atoms with Crippen LogP contribution in [0.15, 0.2) is 4.79 Å². The first-order valence-corrected chi connectivity index (χ1v) is 22.6. The largest absolute Gasteiger partial charge is 0.375 e. The van der Waals surface area contributed by atoms with Gasteiger partial charge in [0.2, 0.25) is 11.9 Å². The van der Waals surface area contributed by atoms with Crippen molar-refractivity contribution in [1.82, 2.24) is 19.5 Å². The fraction of sp³-hybridized carbons (Fsp3) is 0.872. The Balaban J connectivity index is 1.84. The summed E-state index contributed by atoms with van der Waals surface area (Å²) >= 11 is 0. The van der Waals surface area contributed by atoms with Gasteiger partial charge in [-0.2, -0.15) is 4.98 Å². The zero-order chi connectivity index (χ0) is 37.8. The third kappa shape index (κ3) is 14.7. The monoisotopic (exact) mass is 753 g/mol. The van der Waals surface area contributed by atoms with E-state index >= 15 is 0 Å². The van der Waals surface area contributed by atoms with Crippen LogP contribution in [0.25, 0.3) is 11.2 Å². The van der Waals surface area contributed by atoms with Crippen molar-refractivity contribution >= 4 is 30.7 Å². The lowest BCUT2D eigenvalue weighted by atomic mass is 10.0. The van der Waals surface area contributed by atoms with Crippen LogP contribution in [0.4, 0.5) is 11.9 Å². The minimum absolute atomic E-state index is 0.0500. The van der Waals surface area contributed by atoms with Gasteiger partial charge in [0.25, 0.3) is 5.56 Å². The Kier molecular flexibility index (Phi) is 20.9. The molecule has 3 rings (SSSR count). The van der Waals surface area contributed by atoms with Gasteiger partial charge in [-0.15, -0.1) is 0 Å². The zero-order valence-corrected chi connectivity index (χ0v) is 33.9. The zero-order valence-electron chi connectivity index (χ0n) is 33.0. The lowest BCUT2D eigenvalue weighted by Gasteiger charge is -2.28. The molecule has 1 aliphatic heterocycles. The number of ether oxygens (including phenoxy) is 2. The molecular formula is C39H73N6O6P. The number of aromatic nitrogens is 4. The van der Waals surface area contributed by atoms with E-state index in [1.54, 1.807) is 4.57 Å². The van der Waals surface area contributed by atoms with Crippen molar-refractivity contribution in [2.24, 2.45) is 0 Å². The Morgan fingerprint density at radius 1 is 0.808 bits per heavy atom. The number of anilines is 2. The van der Waals surface area contributed by atoms with Gasteiger partial charge in [-0.05, 0) is 25.7 Å². The number of unbranched alkanes of at least 4 members (excludes halogenated alkanes) is 15. The Morgan fingerprint density at radius 3 is 1.85 bits per heavy atom. The predicted molar refractivity (Wildman–Crippen MR) is 213 cm³/mol. The summed E-state index contributed by atoms with van der Waals surface area (Å²) in [7, 11) is -4.06. The van der Waals surface area contributed by atoms with Gasteiger partial charge in [-0.1, -0.05) is 150 Å². The molecule has 2 aromatic rings. The molecule has 0 aliphatic carbocycles. The van der Waals surface area contributed by atoms with Crippen molar-refractivity contribution < 1.29 is 23.5 Å². The molecule has 0 spiro atoms. The number of imidazole rings is 1. The molecule has 2 aromatic heterocycles. The van der Waals surface area contributed by atoms with E-state index in [4.69, 9.17) is 25.5 Å². The van der Waals surface area contributed by atoms with E-state index < -0.39 is 37.2 Å². The molecule has 5 atom stereocenters. The summed E-state index contributed by atoms with van der Waals surface area (Å²) in [6.07, 6.45) is 23.0. The molecule has 12 nitrogen and oxygen atoms in total. The fourth-order valence-electron chi connectivity index (χ4n) is 7.45. The van der Waals surface area contributed by atoms with Gasteiger partial charge >= 0.3 is 7.60 Å². The number of rotatable bonds is 30. The Labute approximate surface area is 313 Å². The maximum absolute atomic E-state index is 14.3. The summed E-state index contributed by atoms with van der Waals surface area (Å²) < 4.78 is 35.4. The van der Waals surface area contributed by atoms with E-state index in [0.717, 1.165) is 77.0 Å². The van der Waals surface area contributed by atoms with Crippen molar-refractivity contribution in [2.45, 2.75) is 212 Å². The number of hydrogen-bond donors (Lipinski definition) is 4. The first-order valence-electron chi connectivity index (χ1n) is 21.0. The van der Waals surface area contributed by atoms with E-state index in [1.165, 1.54) is 57.8 Å². The molecule has 6 N–H and O–H groups in total. The summed E-state index contributed by atoms with van der Waals surface area (Å²) in [6.45, 7) is 9.04. The maximum Gasteiger partial charge on any atom is 0.331 e. The molecular weight excluding hydrogens is 679 g/mol. The number of nitrogens with zero attached hydrogens (tertiary/aromatic N) is 3. The van der Waals surface area contributed by atoms with Crippen LogP contribution < -0.4 is 17.0 Å². The molecule has 3 unspecified atom stereocenters. The molecule has 0 saturated carbocycles. The summed E-state index contributed by atoms with van der Waals surface area (Å²) in [4.78, 5) is 35.4. The third-order valence-corrected chi connectivity index (χ3v) is 12.6. The highest BCUT2D eigenvalue weighted by Crippen LogP contribution is 2.55. The Morgan fingerprint density at radius 2 is 1.31 bits per heavy atom. The van der Waals surface area contributed by atoms with Crippen LogP contribution >= 0.6 is 7.60 Å². The average molecular weight is 753 g/mol. The second kappa shape index (κ2) is 24.4. The maximum atomic E-state index is 14.3. The van der Waals surface area contributed by atoms with E-state index in [2.05, 4.69) is 42.6 Å². The second-order valence-corrected chi connectivity index (χ2v) is 17.2. The van der Waals surface area contributed by atoms with Gasteiger partial charge in [0, 0.05) is 6.42 Å². The number of nitrogens with one attached hydrogen (secondary N) is 1. The van der Waals surface area contributed by atoms with Gasteiger partial charge in [-0.3, -0.25) is 18.9 Å². The normalized spacial score (nSPS) is 19.5.